The SMILES string of the molecule is CCCn1ccc(-c2noc(CN)n2)n1. The fourth-order valence-electron chi connectivity index (χ4n) is 1.28. The van der Waals surface area contributed by atoms with Gasteiger partial charge in [0, 0.05) is 12.7 Å². The number of nitrogens with zero attached hydrogens (tertiary/aromatic N) is 4. The minimum absolute atomic E-state index is 0.253. The van der Waals surface area contributed by atoms with Gasteiger partial charge in [-0.25, -0.2) is 0 Å². The van der Waals surface area contributed by atoms with E-state index in [0.29, 0.717) is 17.4 Å². The van der Waals surface area contributed by atoms with Crippen molar-refractivity contribution in [3.8, 4) is 11.5 Å². The van der Waals surface area contributed by atoms with E-state index in [1.165, 1.54) is 0 Å². The van der Waals surface area contributed by atoms with E-state index in [1.807, 2.05) is 16.9 Å². The number of hydrogen-bond acceptors (Lipinski definition) is 5. The van der Waals surface area contributed by atoms with Crippen LogP contribution in [0.25, 0.3) is 11.5 Å². The van der Waals surface area contributed by atoms with Crippen LogP contribution in [0.3, 0.4) is 0 Å². The van der Waals surface area contributed by atoms with Crippen LogP contribution in [0.4, 0.5) is 0 Å². The standard InChI is InChI=1S/C9H13N5O/c1-2-4-14-5-3-7(12-14)9-11-8(6-10)15-13-9/h3,5H,2,4,6,10H2,1H3. The Morgan fingerprint density at radius 1 is 1.53 bits per heavy atom. The zero-order valence-electron chi connectivity index (χ0n) is 8.55. The molecule has 2 aromatic heterocycles. The molecule has 6 nitrogen and oxygen atoms in total. The molecule has 0 aromatic carbocycles. The molecule has 2 heterocycles. The van der Waals surface area contributed by atoms with Gasteiger partial charge in [-0.15, -0.1) is 0 Å². The van der Waals surface area contributed by atoms with E-state index in [-0.39, 0.29) is 6.54 Å². The summed E-state index contributed by atoms with van der Waals surface area (Å²) in [6.07, 6.45) is 2.94. The second-order valence-corrected chi connectivity index (χ2v) is 3.18. The summed E-state index contributed by atoms with van der Waals surface area (Å²) >= 11 is 0. The second kappa shape index (κ2) is 4.22. The summed E-state index contributed by atoms with van der Waals surface area (Å²) in [5.74, 6) is 0.917. The molecule has 0 amide bonds. The third-order valence-corrected chi connectivity index (χ3v) is 1.97. The lowest BCUT2D eigenvalue weighted by Crippen LogP contribution is -1.97. The van der Waals surface area contributed by atoms with Crippen molar-refractivity contribution >= 4 is 0 Å². The minimum Gasteiger partial charge on any atom is -0.338 e. The van der Waals surface area contributed by atoms with E-state index in [0.717, 1.165) is 13.0 Å². The van der Waals surface area contributed by atoms with E-state index in [4.69, 9.17) is 10.3 Å². The topological polar surface area (TPSA) is 82.8 Å². The van der Waals surface area contributed by atoms with Crippen molar-refractivity contribution in [1.82, 2.24) is 19.9 Å². The average molecular weight is 207 g/mol. The lowest BCUT2D eigenvalue weighted by Gasteiger charge is -1.94. The first-order valence-corrected chi connectivity index (χ1v) is 4.90. The largest absolute Gasteiger partial charge is 0.338 e. The molecule has 0 saturated carbocycles. The van der Waals surface area contributed by atoms with Crippen molar-refractivity contribution < 1.29 is 4.52 Å². The van der Waals surface area contributed by atoms with Gasteiger partial charge in [-0.05, 0) is 12.5 Å². The highest BCUT2D eigenvalue weighted by atomic mass is 16.5. The summed E-state index contributed by atoms with van der Waals surface area (Å²) in [5, 5.41) is 8.10. The summed E-state index contributed by atoms with van der Waals surface area (Å²) in [6, 6.07) is 1.86. The highest BCUT2D eigenvalue weighted by Gasteiger charge is 2.09. The van der Waals surface area contributed by atoms with Crippen molar-refractivity contribution in [3.63, 3.8) is 0 Å². The predicted octanol–water partition coefficient (Wildman–Crippen LogP) is 0.802. The molecule has 2 rings (SSSR count). The maximum atomic E-state index is 5.37. The first-order chi connectivity index (χ1) is 7.33. The Balaban J connectivity index is 2.21. The summed E-state index contributed by atoms with van der Waals surface area (Å²) in [6.45, 7) is 3.24. The van der Waals surface area contributed by atoms with Crippen molar-refractivity contribution in [3.05, 3.63) is 18.2 Å². The number of rotatable bonds is 4. The molecule has 0 spiro atoms. The maximum Gasteiger partial charge on any atom is 0.240 e. The predicted molar refractivity (Wildman–Crippen MR) is 53.7 cm³/mol. The third-order valence-electron chi connectivity index (χ3n) is 1.97. The minimum atomic E-state index is 0.253. The molecule has 2 aromatic rings. The van der Waals surface area contributed by atoms with Crippen molar-refractivity contribution in [2.45, 2.75) is 26.4 Å². The lowest BCUT2D eigenvalue weighted by molar-refractivity contribution is 0.380. The van der Waals surface area contributed by atoms with Crippen molar-refractivity contribution in [2.24, 2.45) is 5.73 Å². The van der Waals surface area contributed by atoms with Gasteiger partial charge in [-0.3, -0.25) is 4.68 Å². The van der Waals surface area contributed by atoms with E-state index in [1.54, 1.807) is 0 Å². The summed E-state index contributed by atoms with van der Waals surface area (Å²) in [7, 11) is 0. The van der Waals surface area contributed by atoms with Gasteiger partial charge in [-0.2, -0.15) is 10.1 Å². The van der Waals surface area contributed by atoms with Crippen molar-refractivity contribution in [2.75, 3.05) is 0 Å². The highest BCUT2D eigenvalue weighted by Crippen LogP contribution is 2.12. The first kappa shape index (κ1) is 9.85. The van der Waals surface area contributed by atoms with Crippen LogP contribution in [0.2, 0.25) is 0 Å². The Hall–Kier alpha value is -1.69. The van der Waals surface area contributed by atoms with Crippen LogP contribution in [-0.2, 0) is 13.1 Å². The quantitative estimate of drug-likeness (QED) is 0.801. The molecule has 0 saturated heterocycles. The Kier molecular flexibility index (Phi) is 2.77. The zero-order valence-corrected chi connectivity index (χ0v) is 8.55. The second-order valence-electron chi connectivity index (χ2n) is 3.18. The molecule has 6 heteroatoms. The van der Waals surface area contributed by atoms with Gasteiger partial charge in [0.2, 0.25) is 11.7 Å². The molecule has 0 radical (unpaired) electrons. The molecular weight excluding hydrogens is 194 g/mol. The number of aromatic nitrogens is 4. The molecule has 0 aliphatic heterocycles. The average Bonchev–Trinajstić information content (AvgIpc) is 2.85. The van der Waals surface area contributed by atoms with Gasteiger partial charge in [0.25, 0.3) is 0 Å². The molecule has 0 bridgehead atoms. The van der Waals surface area contributed by atoms with Gasteiger partial charge in [0.05, 0.1) is 6.54 Å². The van der Waals surface area contributed by atoms with Gasteiger partial charge in [0.15, 0.2) is 0 Å². The fourth-order valence-corrected chi connectivity index (χ4v) is 1.28. The van der Waals surface area contributed by atoms with Crippen molar-refractivity contribution in [1.29, 1.82) is 0 Å². The molecule has 2 N–H and O–H groups in total. The highest BCUT2D eigenvalue weighted by molar-refractivity contribution is 5.46. The lowest BCUT2D eigenvalue weighted by atomic mass is 10.4. The number of hydrogen-bond donors (Lipinski definition) is 1. The molecule has 80 valence electrons. The molecule has 0 aliphatic carbocycles. The van der Waals surface area contributed by atoms with E-state index < -0.39 is 0 Å². The zero-order chi connectivity index (χ0) is 10.7. The van der Waals surface area contributed by atoms with Crippen LogP contribution in [0.5, 0.6) is 0 Å². The van der Waals surface area contributed by atoms with Crippen LogP contribution >= 0.6 is 0 Å². The molecule has 15 heavy (non-hydrogen) atoms. The monoisotopic (exact) mass is 207 g/mol. The Labute approximate surface area is 87.1 Å². The maximum absolute atomic E-state index is 5.37. The smallest absolute Gasteiger partial charge is 0.240 e. The van der Waals surface area contributed by atoms with Gasteiger partial charge >= 0.3 is 0 Å². The van der Waals surface area contributed by atoms with Crippen LogP contribution in [0, 0.1) is 0 Å². The number of nitrogens with two attached hydrogens (primary N) is 1. The van der Waals surface area contributed by atoms with Gasteiger partial charge in [-0.1, -0.05) is 12.1 Å². The molecule has 0 aliphatic rings. The molecule has 0 fully saturated rings. The van der Waals surface area contributed by atoms with E-state index in [2.05, 4.69) is 22.2 Å². The molecular formula is C9H13N5O. The van der Waals surface area contributed by atoms with Crippen LogP contribution < -0.4 is 5.73 Å². The first-order valence-electron chi connectivity index (χ1n) is 4.90. The fraction of sp³-hybridized carbons (Fsp3) is 0.444. The van der Waals surface area contributed by atoms with Crippen LogP contribution in [0.15, 0.2) is 16.8 Å². The van der Waals surface area contributed by atoms with E-state index >= 15 is 0 Å². The summed E-state index contributed by atoms with van der Waals surface area (Å²) in [5.41, 5.74) is 6.09. The Morgan fingerprint density at radius 3 is 3.07 bits per heavy atom. The van der Waals surface area contributed by atoms with Crippen LogP contribution in [-0.4, -0.2) is 19.9 Å². The van der Waals surface area contributed by atoms with E-state index in [9.17, 15) is 0 Å². The van der Waals surface area contributed by atoms with Gasteiger partial charge < -0.3 is 10.3 Å². The Morgan fingerprint density at radius 2 is 2.40 bits per heavy atom. The molecule has 0 atom stereocenters. The van der Waals surface area contributed by atoms with Crippen LogP contribution in [0.1, 0.15) is 19.2 Å². The summed E-state index contributed by atoms with van der Waals surface area (Å²) < 4.78 is 6.76. The molecule has 0 unspecified atom stereocenters. The van der Waals surface area contributed by atoms with Gasteiger partial charge in [0.1, 0.15) is 5.69 Å². The summed E-state index contributed by atoms with van der Waals surface area (Å²) in [4.78, 5) is 4.09. The third kappa shape index (κ3) is 2.04. The number of aryl methyl sites for hydroxylation is 1. The Bertz CT molecular complexity index is 433. The normalized spacial score (nSPS) is 10.8.